The van der Waals surface area contributed by atoms with E-state index in [0.29, 0.717) is 23.3 Å². The van der Waals surface area contributed by atoms with Gasteiger partial charge >= 0.3 is 6.03 Å². The minimum Gasteiger partial charge on any atom is -0.338 e. The molecule has 10 heteroatoms. The summed E-state index contributed by atoms with van der Waals surface area (Å²) in [5, 5.41) is 16.8. The summed E-state index contributed by atoms with van der Waals surface area (Å²) >= 11 is 1.21. The van der Waals surface area contributed by atoms with Gasteiger partial charge in [0.25, 0.3) is 0 Å². The summed E-state index contributed by atoms with van der Waals surface area (Å²) in [6, 6.07) is 6.90. The molecule has 0 spiro atoms. The van der Waals surface area contributed by atoms with Gasteiger partial charge in [0.05, 0.1) is 11.4 Å². The standard InChI is InChI=1S/C19H24N6O3S/c1-3-9-20-18(28)22-16(27)11-29-19-24-23-17(13-7-8-13)25(19)15-6-4-5-14(10-15)21-12(2)26/h4-6,10,13H,3,7-9,11H2,1-2H3,(H,21,26)(H2,20,22,27,28). The molecule has 1 fully saturated rings. The molecule has 29 heavy (non-hydrogen) atoms. The largest absolute Gasteiger partial charge is 0.338 e. The second-order valence-corrected chi connectivity index (χ2v) is 7.72. The lowest BCUT2D eigenvalue weighted by Crippen LogP contribution is -2.40. The number of urea groups is 1. The highest BCUT2D eigenvalue weighted by atomic mass is 32.2. The van der Waals surface area contributed by atoms with E-state index in [9.17, 15) is 14.4 Å². The number of benzene rings is 1. The average Bonchev–Trinajstić information content (AvgIpc) is 3.43. The molecule has 0 bridgehead atoms. The smallest absolute Gasteiger partial charge is 0.321 e. The molecule has 1 aliphatic rings. The minimum atomic E-state index is -0.499. The lowest BCUT2D eigenvalue weighted by atomic mass is 10.2. The van der Waals surface area contributed by atoms with Crippen molar-refractivity contribution < 1.29 is 14.4 Å². The van der Waals surface area contributed by atoms with Crippen LogP contribution in [0, 0.1) is 0 Å². The van der Waals surface area contributed by atoms with Crippen molar-refractivity contribution in [1.29, 1.82) is 0 Å². The predicted octanol–water partition coefficient (Wildman–Crippen LogP) is 2.43. The zero-order valence-corrected chi connectivity index (χ0v) is 17.2. The Morgan fingerprint density at radius 3 is 2.72 bits per heavy atom. The van der Waals surface area contributed by atoms with Gasteiger partial charge in [-0.1, -0.05) is 24.8 Å². The highest BCUT2D eigenvalue weighted by molar-refractivity contribution is 7.99. The highest BCUT2D eigenvalue weighted by Crippen LogP contribution is 2.41. The second-order valence-electron chi connectivity index (χ2n) is 6.77. The van der Waals surface area contributed by atoms with Crippen molar-refractivity contribution in [2.45, 2.75) is 44.2 Å². The molecule has 0 radical (unpaired) electrons. The molecule has 1 saturated carbocycles. The number of imide groups is 1. The predicted molar refractivity (Wildman–Crippen MR) is 110 cm³/mol. The van der Waals surface area contributed by atoms with Crippen LogP contribution in [0.2, 0.25) is 0 Å². The van der Waals surface area contributed by atoms with Crippen LogP contribution >= 0.6 is 11.8 Å². The first-order chi connectivity index (χ1) is 14.0. The number of rotatable bonds is 8. The molecular formula is C19H24N6O3S. The Labute approximate surface area is 173 Å². The molecule has 2 aromatic rings. The molecular weight excluding hydrogens is 392 g/mol. The lowest BCUT2D eigenvalue weighted by molar-refractivity contribution is -0.117. The summed E-state index contributed by atoms with van der Waals surface area (Å²) in [4.78, 5) is 35.1. The summed E-state index contributed by atoms with van der Waals surface area (Å²) in [6.07, 6.45) is 2.89. The number of hydrogen-bond acceptors (Lipinski definition) is 6. The van der Waals surface area contributed by atoms with Crippen LogP contribution in [0.5, 0.6) is 0 Å². The van der Waals surface area contributed by atoms with Gasteiger partial charge in [-0.2, -0.15) is 0 Å². The van der Waals surface area contributed by atoms with Gasteiger partial charge in [-0.3, -0.25) is 19.5 Å². The van der Waals surface area contributed by atoms with Crippen molar-refractivity contribution in [2.24, 2.45) is 0 Å². The first-order valence-corrected chi connectivity index (χ1v) is 10.5. The van der Waals surface area contributed by atoms with E-state index < -0.39 is 11.9 Å². The van der Waals surface area contributed by atoms with Gasteiger partial charge in [0.1, 0.15) is 5.82 Å². The summed E-state index contributed by atoms with van der Waals surface area (Å²) in [6.45, 7) is 3.90. The maximum Gasteiger partial charge on any atom is 0.321 e. The van der Waals surface area contributed by atoms with Gasteiger partial charge in [0.15, 0.2) is 5.16 Å². The van der Waals surface area contributed by atoms with Crippen LogP contribution in [0.4, 0.5) is 10.5 Å². The molecule has 9 nitrogen and oxygen atoms in total. The Kier molecular flexibility index (Phi) is 6.86. The minimum absolute atomic E-state index is 0.0354. The number of nitrogens with one attached hydrogen (secondary N) is 3. The molecule has 1 aromatic carbocycles. The third-order valence-electron chi connectivity index (χ3n) is 4.15. The van der Waals surface area contributed by atoms with Crippen molar-refractivity contribution in [3.63, 3.8) is 0 Å². The molecule has 1 aliphatic carbocycles. The van der Waals surface area contributed by atoms with Gasteiger partial charge in [-0.15, -0.1) is 10.2 Å². The zero-order valence-electron chi connectivity index (χ0n) is 16.4. The van der Waals surface area contributed by atoms with Crippen molar-refractivity contribution in [2.75, 3.05) is 17.6 Å². The third-order valence-corrected chi connectivity index (χ3v) is 5.08. The molecule has 0 aliphatic heterocycles. The number of aromatic nitrogens is 3. The van der Waals surface area contributed by atoms with Gasteiger partial charge < -0.3 is 10.6 Å². The Balaban J connectivity index is 1.75. The molecule has 154 valence electrons. The van der Waals surface area contributed by atoms with Crippen LogP contribution in [-0.4, -0.2) is 44.9 Å². The fourth-order valence-corrected chi connectivity index (χ4v) is 3.48. The third kappa shape index (κ3) is 5.80. The number of nitrogens with zero attached hydrogens (tertiary/aromatic N) is 3. The average molecular weight is 417 g/mol. The monoisotopic (exact) mass is 416 g/mol. The van der Waals surface area contributed by atoms with Crippen molar-refractivity contribution in [3.05, 3.63) is 30.1 Å². The zero-order chi connectivity index (χ0) is 20.8. The fourth-order valence-electron chi connectivity index (χ4n) is 2.72. The summed E-state index contributed by atoms with van der Waals surface area (Å²) < 4.78 is 1.91. The summed E-state index contributed by atoms with van der Waals surface area (Å²) in [7, 11) is 0. The Morgan fingerprint density at radius 1 is 1.24 bits per heavy atom. The van der Waals surface area contributed by atoms with E-state index in [1.54, 1.807) is 6.07 Å². The Hall–Kier alpha value is -2.88. The highest BCUT2D eigenvalue weighted by Gasteiger charge is 2.31. The Morgan fingerprint density at radius 2 is 2.03 bits per heavy atom. The van der Waals surface area contributed by atoms with Crippen LogP contribution in [-0.2, 0) is 9.59 Å². The second kappa shape index (κ2) is 9.55. The van der Waals surface area contributed by atoms with Crippen LogP contribution < -0.4 is 16.0 Å². The molecule has 3 rings (SSSR count). The quantitative estimate of drug-likeness (QED) is 0.569. The SMILES string of the molecule is CCCNC(=O)NC(=O)CSc1nnc(C2CC2)n1-c1cccc(NC(C)=O)c1. The topological polar surface area (TPSA) is 118 Å². The van der Waals surface area contributed by atoms with E-state index in [1.807, 2.05) is 29.7 Å². The van der Waals surface area contributed by atoms with Gasteiger partial charge in [0.2, 0.25) is 11.8 Å². The van der Waals surface area contributed by atoms with Crippen molar-refractivity contribution >= 4 is 35.3 Å². The summed E-state index contributed by atoms with van der Waals surface area (Å²) in [5.74, 6) is 0.663. The van der Waals surface area contributed by atoms with Gasteiger partial charge in [-0.25, -0.2) is 4.79 Å². The lowest BCUT2D eigenvalue weighted by Gasteiger charge is -2.12. The number of thioether (sulfide) groups is 1. The first kappa shape index (κ1) is 20.8. The van der Waals surface area contributed by atoms with E-state index >= 15 is 0 Å². The molecule has 0 unspecified atom stereocenters. The fraction of sp³-hybridized carbons (Fsp3) is 0.421. The van der Waals surface area contributed by atoms with E-state index in [1.165, 1.54) is 18.7 Å². The Bertz CT molecular complexity index is 909. The molecule has 1 aromatic heterocycles. The van der Waals surface area contributed by atoms with Crippen LogP contribution in [0.1, 0.15) is 44.9 Å². The molecule has 0 saturated heterocycles. The molecule has 4 amide bonds. The first-order valence-electron chi connectivity index (χ1n) is 9.51. The number of carbonyl (C=O) groups is 3. The number of hydrogen-bond donors (Lipinski definition) is 3. The van der Waals surface area contributed by atoms with Crippen LogP contribution in [0.15, 0.2) is 29.4 Å². The maximum atomic E-state index is 12.1. The molecule has 0 atom stereocenters. The van der Waals surface area contributed by atoms with E-state index in [4.69, 9.17) is 0 Å². The van der Waals surface area contributed by atoms with Gasteiger partial charge in [-0.05, 0) is 37.5 Å². The van der Waals surface area contributed by atoms with E-state index in [2.05, 4.69) is 26.1 Å². The van der Waals surface area contributed by atoms with Crippen LogP contribution in [0.3, 0.4) is 0 Å². The van der Waals surface area contributed by atoms with Crippen molar-refractivity contribution in [3.8, 4) is 5.69 Å². The normalized spacial score (nSPS) is 13.0. The molecule has 3 N–H and O–H groups in total. The van der Waals surface area contributed by atoms with E-state index in [-0.39, 0.29) is 11.7 Å². The number of carbonyl (C=O) groups excluding carboxylic acids is 3. The summed E-state index contributed by atoms with van der Waals surface area (Å²) in [5.41, 5.74) is 1.48. The number of amides is 4. The van der Waals surface area contributed by atoms with Crippen LogP contribution in [0.25, 0.3) is 5.69 Å². The van der Waals surface area contributed by atoms with E-state index in [0.717, 1.165) is 30.8 Å². The number of anilines is 1. The van der Waals surface area contributed by atoms with Gasteiger partial charge in [0, 0.05) is 25.1 Å². The molecule has 1 heterocycles. The maximum absolute atomic E-state index is 12.1. The van der Waals surface area contributed by atoms with Crippen molar-refractivity contribution in [1.82, 2.24) is 25.4 Å².